The van der Waals surface area contributed by atoms with Crippen LogP contribution in [0.25, 0.3) is 0 Å². The van der Waals surface area contributed by atoms with E-state index in [2.05, 4.69) is 184 Å². The fraction of sp³-hybridized carbons (Fsp3) is 0.557. The van der Waals surface area contributed by atoms with Gasteiger partial charge in [-0.05, 0) is 128 Å². The molecule has 2 atom stereocenters. The molecule has 0 radical (unpaired) electrons. The zero-order chi connectivity index (χ0) is 57.6. The molecule has 0 heterocycles. The predicted molar refractivity (Wildman–Crippen MR) is 333 cm³/mol. The first kappa shape index (κ1) is 73.7. The maximum Gasteiger partial charge on any atom is 0.306 e. The number of carbonyl (C=O) groups excluding carboxylic acids is 3. The van der Waals surface area contributed by atoms with Crippen LogP contribution in [0.4, 0.5) is 0 Å². The van der Waals surface area contributed by atoms with Crippen molar-refractivity contribution in [2.45, 2.75) is 206 Å². The number of aliphatic carboxylic acids is 1. The number of carbonyl (C=O) groups is 3. The summed E-state index contributed by atoms with van der Waals surface area (Å²) in [4.78, 5) is 37.4. The molecule has 0 saturated heterocycles. The van der Waals surface area contributed by atoms with E-state index in [0.29, 0.717) is 23.9 Å². The van der Waals surface area contributed by atoms with Crippen molar-refractivity contribution in [3.05, 3.63) is 170 Å². The van der Waals surface area contributed by atoms with Crippen LogP contribution < -0.4 is 5.11 Å². The third-order valence-electron chi connectivity index (χ3n) is 12.0. The van der Waals surface area contributed by atoms with Crippen LogP contribution in [-0.2, 0) is 33.3 Å². The van der Waals surface area contributed by atoms with Gasteiger partial charge in [0.25, 0.3) is 0 Å². The number of unbranched alkanes of at least 4 members (excludes halogenated alkanes) is 10. The maximum absolute atomic E-state index is 12.9. The lowest BCUT2D eigenvalue weighted by atomic mass is 10.1. The second kappa shape index (κ2) is 58.8. The Morgan fingerprint density at radius 3 is 1.03 bits per heavy atom. The molecule has 0 aliphatic rings. The highest BCUT2D eigenvalue weighted by Crippen LogP contribution is 2.13. The molecular formula is C70H109NO8. The summed E-state index contributed by atoms with van der Waals surface area (Å²) in [5.74, 6) is -2.37. The molecule has 9 nitrogen and oxygen atoms in total. The lowest BCUT2D eigenvalue weighted by Crippen LogP contribution is -2.44. The molecule has 0 fully saturated rings. The van der Waals surface area contributed by atoms with E-state index >= 15 is 0 Å². The second-order valence-electron chi connectivity index (χ2n) is 20.5. The Hall–Kier alpha value is -5.35. The van der Waals surface area contributed by atoms with Crippen molar-refractivity contribution in [1.82, 2.24) is 0 Å². The van der Waals surface area contributed by atoms with Gasteiger partial charge >= 0.3 is 11.9 Å². The minimum Gasteiger partial charge on any atom is -0.545 e. The number of carboxylic acid groups (broad SMARTS) is 1. The highest BCUT2D eigenvalue weighted by atomic mass is 16.7. The molecule has 79 heavy (non-hydrogen) atoms. The predicted octanol–water partition coefficient (Wildman–Crippen LogP) is 17.0. The molecule has 9 heteroatoms. The number of nitrogens with zero attached hydrogens (tertiary/aromatic N) is 1. The summed E-state index contributed by atoms with van der Waals surface area (Å²) in [5, 5.41) is 11.8. The number of ether oxygens (including phenoxy) is 4. The van der Waals surface area contributed by atoms with Gasteiger partial charge in [-0.2, -0.15) is 0 Å². The van der Waals surface area contributed by atoms with E-state index in [9.17, 15) is 19.5 Å². The van der Waals surface area contributed by atoms with Crippen molar-refractivity contribution in [2.24, 2.45) is 0 Å². The Morgan fingerprint density at radius 2 is 0.684 bits per heavy atom. The summed E-state index contributed by atoms with van der Waals surface area (Å²) in [6.45, 7) is 4.43. The number of likely N-dealkylation sites (N-methyl/N-ethyl adjacent to an activating group) is 1. The normalized spacial score (nSPS) is 14.0. The van der Waals surface area contributed by atoms with Gasteiger partial charge in [-0.3, -0.25) is 9.59 Å². The number of allylic oxidation sites excluding steroid dienone is 28. The third kappa shape index (κ3) is 60.1. The lowest BCUT2D eigenvalue weighted by Gasteiger charge is -2.26. The van der Waals surface area contributed by atoms with Crippen LogP contribution in [0.1, 0.15) is 194 Å². The molecule has 2 unspecified atom stereocenters. The second-order valence-corrected chi connectivity index (χ2v) is 20.5. The quantitative estimate of drug-likeness (QED) is 0.0195. The average molecular weight is 1090 g/mol. The van der Waals surface area contributed by atoms with Crippen LogP contribution in [0.2, 0.25) is 0 Å². The number of esters is 2. The average Bonchev–Trinajstić information content (AvgIpc) is 3.42. The van der Waals surface area contributed by atoms with E-state index in [1.54, 1.807) is 0 Å². The number of rotatable bonds is 53. The van der Waals surface area contributed by atoms with Crippen molar-refractivity contribution < 1.29 is 42.9 Å². The van der Waals surface area contributed by atoms with Gasteiger partial charge in [0.05, 0.1) is 40.3 Å². The van der Waals surface area contributed by atoms with E-state index in [1.165, 1.54) is 12.8 Å². The Kier molecular flexibility index (Phi) is 54.8. The SMILES string of the molecule is CC/C=C\C/C=C\C/C=C\C/C=C\C/C=C\C/C=C\C/C=C\CCCCCCCCCC(=O)OC(COC(=O)CCCCC/C=C\C/C=C\C/C=C\C/C=C\C/C=C\C/C=C\C/C=C\CC)COC(OCC[N+](C)(C)C)C(=O)[O-]. The molecule has 0 aromatic carbocycles. The lowest BCUT2D eigenvalue weighted by molar-refractivity contribution is -0.870. The van der Waals surface area contributed by atoms with Crippen molar-refractivity contribution in [3.8, 4) is 0 Å². The first-order chi connectivity index (χ1) is 38.6. The van der Waals surface area contributed by atoms with Gasteiger partial charge in [0.15, 0.2) is 12.4 Å². The molecule has 0 rings (SSSR count). The maximum atomic E-state index is 12.9. The molecule has 0 N–H and O–H groups in total. The summed E-state index contributed by atoms with van der Waals surface area (Å²) in [7, 11) is 5.89. The van der Waals surface area contributed by atoms with Crippen LogP contribution in [0.15, 0.2) is 170 Å². The van der Waals surface area contributed by atoms with Gasteiger partial charge in [-0.25, -0.2) is 0 Å². The number of hydrogen-bond donors (Lipinski definition) is 0. The van der Waals surface area contributed by atoms with Crippen LogP contribution >= 0.6 is 0 Å². The Balaban J connectivity index is 4.38. The largest absolute Gasteiger partial charge is 0.545 e. The van der Waals surface area contributed by atoms with E-state index in [4.69, 9.17) is 18.9 Å². The summed E-state index contributed by atoms with van der Waals surface area (Å²) in [6, 6.07) is 0. The zero-order valence-corrected chi connectivity index (χ0v) is 50.2. The first-order valence-electron chi connectivity index (χ1n) is 30.3. The Bertz CT molecular complexity index is 1900. The zero-order valence-electron chi connectivity index (χ0n) is 50.2. The summed E-state index contributed by atoms with van der Waals surface area (Å²) in [5.41, 5.74) is 0. The Labute approximate surface area is 482 Å². The van der Waals surface area contributed by atoms with E-state index in [-0.39, 0.29) is 32.7 Å². The molecule has 0 spiro atoms. The van der Waals surface area contributed by atoms with Crippen LogP contribution in [0, 0.1) is 0 Å². The molecule has 0 aliphatic carbocycles. The first-order valence-corrected chi connectivity index (χ1v) is 30.3. The van der Waals surface area contributed by atoms with Crippen molar-refractivity contribution >= 4 is 17.9 Å². The molecule has 0 aromatic rings. The molecule has 442 valence electrons. The fourth-order valence-electron chi connectivity index (χ4n) is 7.38. The van der Waals surface area contributed by atoms with Gasteiger partial charge in [0, 0.05) is 12.8 Å². The molecule has 0 amide bonds. The van der Waals surface area contributed by atoms with Gasteiger partial charge in [0.2, 0.25) is 0 Å². The number of carboxylic acids is 1. The minimum atomic E-state index is -1.65. The van der Waals surface area contributed by atoms with E-state index < -0.39 is 30.3 Å². The van der Waals surface area contributed by atoms with Crippen LogP contribution in [0.3, 0.4) is 0 Å². The highest BCUT2D eigenvalue weighted by molar-refractivity contribution is 5.70. The highest BCUT2D eigenvalue weighted by Gasteiger charge is 2.22. The van der Waals surface area contributed by atoms with Gasteiger partial charge in [-0.1, -0.05) is 223 Å². The fourth-order valence-corrected chi connectivity index (χ4v) is 7.38. The van der Waals surface area contributed by atoms with Crippen molar-refractivity contribution in [3.63, 3.8) is 0 Å². The molecule has 0 saturated carbocycles. The molecule has 0 bridgehead atoms. The van der Waals surface area contributed by atoms with Crippen LogP contribution in [0.5, 0.6) is 0 Å². The van der Waals surface area contributed by atoms with Crippen LogP contribution in [-0.4, -0.2) is 82.3 Å². The molecule has 0 aromatic heterocycles. The van der Waals surface area contributed by atoms with E-state index in [0.717, 1.165) is 141 Å². The smallest absolute Gasteiger partial charge is 0.306 e. The molecular weight excluding hydrogens is 983 g/mol. The minimum absolute atomic E-state index is 0.129. The number of quaternary nitrogens is 1. The summed E-state index contributed by atoms with van der Waals surface area (Å²) in [6.07, 6.45) is 85.4. The number of hydrogen-bond acceptors (Lipinski definition) is 8. The summed E-state index contributed by atoms with van der Waals surface area (Å²) >= 11 is 0. The Morgan fingerprint density at radius 1 is 0.380 bits per heavy atom. The molecule has 0 aliphatic heterocycles. The van der Waals surface area contributed by atoms with Gasteiger partial charge in [0.1, 0.15) is 13.2 Å². The standard InChI is InChI=1S/C70H109NO8/c1-6-8-10-12-14-16-18-20-22-24-26-28-30-32-33-34-35-37-39-41-43-45-47-49-51-53-55-57-59-61-68(73)79-66(65-78-70(69(74)75)76-63-62-71(3,4)5)64-77-67(72)60-58-56-54-52-50-48-46-44-42-40-38-36-31-29-27-25-23-21-19-17-15-13-11-9-7-2/h8-11,14-17,20-23,26-29,32-33,35-38,41-44,48,50,66,70H,6-7,12-13,18-19,24-25,30-31,34,39-40,45-47,49,51-65H2,1-5H3/b10-8-,11-9-,16-14-,17-15-,22-20-,23-21-,28-26-,29-27-,33-32-,37-35-,38-36-,43-41-,44-42-,50-48-. The summed E-state index contributed by atoms with van der Waals surface area (Å²) < 4.78 is 22.7. The topological polar surface area (TPSA) is 111 Å². The monoisotopic (exact) mass is 1090 g/mol. The van der Waals surface area contributed by atoms with Gasteiger partial charge in [-0.15, -0.1) is 0 Å². The third-order valence-corrected chi connectivity index (χ3v) is 12.0. The van der Waals surface area contributed by atoms with Gasteiger partial charge < -0.3 is 33.3 Å². The van der Waals surface area contributed by atoms with Crippen molar-refractivity contribution in [2.75, 3.05) is 47.5 Å². The van der Waals surface area contributed by atoms with Crippen molar-refractivity contribution in [1.29, 1.82) is 0 Å². The van der Waals surface area contributed by atoms with E-state index in [1.807, 2.05) is 21.1 Å².